The monoisotopic (exact) mass is 273 g/mol. The summed E-state index contributed by atoms with van der Waals surface area (Å²) in [6, 6.07) is 7.34. The van der Waals surface area contributed by atoms with Crippen LogP contribution in [0.2, 0.25) is 0 Å². The van der Waals surface area contributed by atoms with Crippen molar-refractivity contribution in [2.45, 2.75) is 6.42 Å². The Balaban J connectivity index is 2.14. The number of oxime groups is 1. The van der Waals surface area contributed by atoms with E-state index in [1.165, 1.54) is 11.1 Å². The third kappa shape index (κ3) is 3.00. The quantitative estimate of drug-likeness (QED) is 0.371. The van der Waals surface area contributed by atoms with Crippen molar-refractivity contribution < 1.29 is 10.0 Å². The molecule has 2 aromatic rings. The average Bonchev–Trinajstić information content (AvgIpc) is 2.50. The number of carbonyl (C=O) groups is 1. The molecular formula is C13H15N5O2. The number of benzene rings is 1. The van der Waals surface area contributed by atoms with Crippen molar-refractivity contribution in [1.29, 1.82) is 0 Å². The highest BCUT2D eigenvalue weighted by atomic mass is 16.4. The van der Waals surface area contributed by atoms with Crippen LogP contribution in [-0.2, 0) is 0 Å². The summed E-state index contributed by atoms with van der Waals surface area (Å²) in [5, 5.41) is 11.3. The Labute approximate surface area is 115 Å². The van der Waals surface area contributed by atoms with E-state index in [0.717, 1.165) is 5.52 Å². The van der Waals surface area contributed by atoms with Gasteiger partial charge in [0.15, 0.2) is 0 Å². The molecule has 0 unspecified atom stereocenters. The summed E-state index contributed by atoms with van der Waals surface area (Å²) in [4.78, 5) is 22.1. The molecule has 0 aliphatic rings. The number of rotatable bonds is 4. The number of aromatic nitrogens is 2. The third-order valence-corrected chi connectivity index (χ3v) is 2.85. The standard InChI is InChI=1S/C13H15N5O2/c1-18(7-6-12(14)17-20)13(19)11-8-15-9-4-2-3-5-10(9)16-11/h2-5,8,20H,6-7H2,1H3,(H2,14,17). The van der Waals surface area contributed by atoms with Crippen LogP contribution in [0.4, 0.5) is 0 Å². The number of fused-ring (bicyclic) bond motifs is 1. The topological polar surface area (TPSA) is 105 Å². The first-order valence-electron chi connectivity index (χ1n) is 6.05. The van der Waals surface area contributed by atoms with E-state index in [1.807, 2.05) is 18.2 Å². The summed E-state index contributed by atoms with van der Waals surface area (Å²) in [5.41, 5.74) is 7.05. The third-order valence-electron chi connectivity index (χ3n) is 2.85. The number of para-hydroxylation sites is 2. The van der Waals surface area contributed by atoms with E-state index in [-0.39, 0.29) is 17.4 Å². The summed E-state index contributed by atoms with van der Waals surface area (Å²) < 4.78 is 0. The van der Waals surface area contributed by atoms with Crippen molar-refractivity contribution in [3.63, 3.8) is 0 Å². The van der Waals surface area contributed by atoms with Crippen LogP contribution in [-0.4, -0.2) is 45.4 Å². The predicted molar refractivity (Wildman–Crippen MR) is 74.5 cm³/mol. The van der Waals surface area contributed by atoms with Crippen LogP contribution in [0.3, 0.4) is 0 Å². The largest absolute Gasteiger partial charge is 0.409 e. The van der Waals surface area contributed by atoms with Crippen LogP contribution in [0.5, 0.6) is 0 Å². The number of nitrogens with two attached hydrogens (primary N) is 1. The molecule has 0 atom stereocenters. The van der Waals surface area contributed by atoms with E-state index in [1.54, 1.807) is 13.1 Å². The van der Waals surface area contributed by atoms with Gasteiger partial charge in [0, 0.05) is 20.0 Å². The van der Waals surface area contributed by atoms with E-state index in [4.69, 9.17) is 10.9 Å². The number of amides is 1. The zero-order chi connectivity index (χ0) is 14.5. The van der Waals surface area contributed by atoms with Gasteiger partial charge in [0.2, 0.25) is 0 Å². The van der Waals surface area contributed by atoms with Crippen molar-refractivity contribution in [3.8, 4) is 0 Å². The fourth-order valence-corrected chi connectivity index (χ4v) is 1.69. The minimum Gasteiger partial charge on any atom is -0.409 e. The van der Waals surface area contributed by atoms with Crippen LogP contribution < -0.4 is 5.73 Å². The summed E-state index contributed by atoms with van der Waals surface area (Å²) >= 11 is 0. The van der Waals surface area contributed by atoms with Crippen molar-refractivity contribution in [2.75, 3.05) is 13.6 Å². The van der Waals surface area contributed by atoms with Gasteiger partial charge in [-0.2, -0.15) is 0 Å². The van der Waals surface area contributed by atoms with Gasteiger partial charge in [0.05, 0.1) is 17.2 Å². The highest BCUT2D eigenvalue weighted by Crippen LogP contribution is 2.09. The molecule has 0 aliphatic carbocycles. The Morgan fingerprint density at radius 3 is 2.80 bits per heavy atom. The summed E-state index contributed by atoms with van der Waals surface area (Å²) in [6.45, 7) is 0.337. The van der Waals surface area contributed by atoms with Crippen LogP contribution in [0.1, 0.15) is 16.9 Å². The fourth-order valence-electron chi connectivity index (χ4n) is 1.69. The maximum atomic E-state index is 12.2. The zero-order valence-corrected chi connectivity index (χ0v) is 11.0. The van der Waals surface area contributed by atoms with E-state index in [0.29, 0.717) is 18.5 Å². The van der Waals surface area contributed by atoms with Crippen LogP contribution in [0.25, 0.3) is 11.0 Å². The highest BCUT2D eigenvalue weighted by molar-refractivity contribution is 5.94. The van der Waals surface area contributed by atoms with E-state index in [9.17, 15) is 4.79 Å². The second-order valence-corrected chi connectivity index (χ2v) is 4.31. The Morgan fingerprint density at radius 2 is 2.10 bits per heavy atom. The summed E-state index contributed by atoms with van der Waals surface area (Å²) in [5.74, 6) is -0.178. The molecule has 3 N–H and O–H groups in total. The zero-order valence-electron chi connectivity index (χ0n) is 11.0. The molecule has 0 aliphatic heterocycles. The van der Waals surface area contributed by atoms with Gasteiger partial charge in [-0.05, 0) is 12.1 Å². The molecule has 0 fully saturated rings. The van der Waals surface area contributed by atoms with Gasteiger partial charge in [-0.1, -0.05) is 17.3 Å². The minimum atomic E-state index is -0.256. The van der Waals surface area contributed by atoms with Gasteiger partial charge in [-0.3, -0.25) is 9.78 Å². The van der Waals surface area contributed by atoms with Gasteiger partial charge in [-0.25, -0.2) is 4.98 Å². The van der Waals surface area contributed by atoms with Gasteiger partial charge >= 0.3 is 0 Å². The lowest BCUT2D eigenvalue weighted by molar-refractivity contribution is 0.0792. The number of nitrogens with zero attached hydrogens (tertiary/aromatic N) is 4. The first-order chi connectivity index (χ1) is 9.61. The maximum absolute atomic E-state index is 12.2. The minimum absolute atomic E-state index is 0.0780. The normalized spacial score (nSPS) is 11.6. The van der Waals surface area contributed by atoms with E-state index >= 15 is 0 Å². The molecule has 104 valence electrons. The first kappa shape index (κ1) is 13.7. The van der Waals surface area contributed by atoms with Crippen LogP contribution in [0.15, 0.2) is 35.6 Å². The molecule has 1 aromatic heterocycles. The molecule has 0 saturated carbocycles. The predicted octanol–water partition coefficient (Wildman–Crippen LogP) is 0.838. The molecule has 7 heteroatoms. The molecule has 0 bridgehead atoms. The molecular weight excluding hydrogens is 258 g/mol. The van der Waals surface area contributed by atoms with Crippen LogP contribution >= 0.6 is 0 Å². The van der Waals surface area contributed by atoms with Gasteiger partial charge in [0.25, 0.3) is 5.91 Å². The number of amidine groups is 1. The first-order valence-corrected chi connectivity index (χ1v) is 6.05. The lowest BCUT2D eigenvalue weighted by atomic mass is 10.3. The molecule has 1 aromatic carbocycles. The van der Waals surface area contributed by atoms with Gasteiger partial charge in [0.1, 0.15) is 11.5 Å². The molecule has 7 nitrogen and oxygen atoms in total. The Morgan fingerprint density at radius 1 is 1.40 bits per heavy atom. The van der Waals surface area contributed by atoms with Crippen molar-refractivity contribution >= 4 is 22.8 Å². The Kier molecular flexibility index (Phi) is 4.09. The molecule has 0 spiro atoms. The van der Waals surface area contributed by atoms with E-state index < -0.39 is 0 Å². The van der Waals surface area contributed by atoms with Crippen LogP contribution in [0, 0.1) is 0 Å². The molecule has 0 saturated heterocycles. The van der Waals surface area contributed by atoms with Gasteiger partial charge in [-0.15, -0.1) is 0 Å². The molecule has 2 rings (SSSR count). The summed E-state index contributed by atoms with van der Waals surface area (Å²) in [6.07, 6.45) is 1.74. The smallest absolute Gasteiger partial charge is 0.273 e. The number of hydrogen-bond donors (Lipinski definition) is 2. The molecule has 1 amide bonds. The molecule has 1 heterocycles. The molecule has 20 heavy (non-hydrogen) atoms. The average molecular weight is 273 g/mol. The van der Waals surface area contributed by atoms with E-state index in [2.05, 4.69) is 15.1 Å². The lowest BCUT2D eigenvalue weighted by Gasteiger charge is -2.16. The SMILES string of the molecule is CN(CC/C(N)=N/O)C(=O)c1cnc2ccccc2n1. The highest BCUT2D eigenvalue weighted by Gasteiger charge is 2.14. The fraction of sp³-hybridized carbons (Fsp3) is 0.231. The number of hydrogen-bond acceptors (Lipinski definition) is 5. The Hall–Kier alpha value is -2.70. The lowest BCUT2D eigenvalue weighted by Crippen LogP contribution is -2.31. The number of carbonyl (C=O) groups excluding carboxylic acids is 1. The van der Waals surface area contributed by atoms with Gasteiger partial charge < -0.3 is 15.8 Å². The maximum Gasteiger partial charge on any atom is 0.273 e. The van der Waals surface area contributed by atoms with Crippen molar-refractivity contribution in [3.05, 3.63) is 36.2 Å². The second-order valence-electron chi connectivity index (χ2n) is 4.31. The molecule has 0 radical (unpaired) electrons. The summed E-state index contributed by atoms with van der Waals surface area (Å²) in [7, 11) is 1.63. The Bertz CT molecular complexity index is 656. The van der Waals surface area contributed by atoms with Crippen molar-refractivity contribution in [1.82, 2.24) is 14.9 Å². The second kappa shape index (κ2) is 5.96. The van der Waals surface area contributed by atoms with Crippen molar-refractivity contribution in [2.24, 2.45) is 10.9 Å².